The minimum absolute atomic E-state index is 0.415. The summed E-state index contributed by atoms with van der Waals surface area (Å²) < 4.78 is 9.19. The SMILES string of the molecule is CC(C)(O)C(=O)OCC(O)COC(=O)C(C)(C)O. The van der Waals surface area contributed by atoms with Crippen LogP contribution in [0.15, 0.2) is 0 Å². The summed E-state index contributed by atoms with van der Waals surface area (Å²) >= 11 is 0. The highest BCUT2D eigenvalue weighted by Crippen LogP contribution is 2.06. The molecule has 0 bridgehead atoms. The van der Waals surface area contributed by atoms with E-state index in [-0.39, 0.29) is 0 Å². The first-order chi connectivity index (χ1) is 7.94. The molecule has 106 valence electrons. The number of hydrogen-bond donors (Lipinski definition) is 3. The van der Waals surface area contributed by atoms with Crippen molar-refractivity contribution < 1.29 is 34.4 Å². The second kappa shape index (κ2) is 6.12. The van der Waals surface area contributed by atoms with Crippen molar-refractivity contribution in [2.24, 2.45) is 0 Å². The van der Waals surface area contributed by atoms with Gasteiger partial charge in [0, 0.05) is 0 Å². The fourth-order valence-electron chi connectivity index (χ4n) is 0.745. The Morgan fingerprint density at radius 3 is 1.44 bits per heavy atom. The molecule has 0 heterocycles. The molecular formula is C11H20O7. The Hall–Kier alpha value is -1.18. The van der Waals surface area contributed by atoms with Gasteiger partial charge in [-0.3, -0.25) is 0 Å². The van der Waals surface area contributed by atoms with Gasteiger partial charge in [-0.25, -0.2) is 9.59 Å². The summed E-state index contributed by atoms with van der Waals surface area (Å²) in [7, 11) is 0. The van der Waals surface area contributed by atoms with Crippen molar-refractivity contribution in [3.63, 3.8) is 0 Å². The van der Waals surface area contributed by atoms with Crippen LogP contribution >= 0.6 is 0 Å². The zero-order valence-electron chi connectivity index (χ0n) is 11.0. The van der Waals surface area contributed by atoms with Gasteiger partial charge in [0.25, 0.3) is 0 Å². The van der Waals surface area contributed by atoms with Crippen LogP contribution in [-0.4, -0.2) is 57.8 Å². The Kier molecular flexibility index (Phi) is 5.72. The molecule has 0 saturated carbocycles. The van der Waals surface area contributed by atoms with Gasteiger partial charge in [0.1, 0.15) is 19.3 Å². The van der Waals surface area contributed by atoms with Crippen LogP contribution in [0.5, 0.6) is 0 Å². The molecule has 0 aliphatic heterocycles. The van der Waals surface area contributed by atoms with Gasteiger partial charge in [-0.2, -0.15) is 0 Å². The van der Waals surface area contributed by atoms with E-state index in [1.807, 2.05) is 0 Å². The monoisotopic (exact) mass is 264 g/mol. The van der Waals surface area contributed by atoms with Gasteiger partial charge in [0.2, 0.25) is 0 Å². The van der Waals surface area contributed by atoms with Gasteiger partial charge in [0.15, 0.2) is 11.2 Å². The first kappa shape index (κ1) is 16.8. The maximum Gasteiger partial charge on any atom is 0.337 e. The second-order valence-electron chi connectivity index (χ2n) is 4.97. The molecule has 0 amide bonds. The molecule has 0 aliphatic rings. The molecule has 0 aromatic carbocycles. The number of aliphatic hydroxyl groups excluding tert-OH is 1. The molecule has 0 radical (unpaired) electrons. The largest absolute Gasteiger partial charge is 0.461 e. The molecule has 0 aromatic heterocycles. The molecule has 0 unspecified atom stereocenters. The van der Waals surface area contributed by atoms with Crippen molar-refractivity contribution in [3.8, 4) is 0 Å². The van der Waals surface area contributed by atoms with Gasteiger partial charge in [-0.05, 0) is 27.7 Å². The Morgan fingerprint density at radius 1 is 0.944 bits per heavy atom. The van der Waals surface area contributed by atoms with Crippen LogP contribution < -0.4 is 0 Å². The van der Waals surface area contributed by atoms with E-state index in [0.717, 1.165) is 0 Å². The van der Waals surface area contributed by atoms with Gasteiger partial charge < -0.3 is 24.8 Å². The van der Waals surface area contributed by atoms with Crippen molar-refractivity contribution in [1.29, 1.82) is 0 Å². The van der Waals surface area contributed by atoms with Crippen LogP contribution in [0.1, 0.15) is 27.7 Å². The summed E-state index contributed by atoms with van der Waals surface area (Å²) in [6.07, 6.45) is -1.22. The first-order valence-electron chi connectivity index (χ1n) is 5.42. The molecule has 0 atom stereocenters. The van der Waals surface area contributed by atoms with Gasteiger partial charge in [-0.15, -0.1) is 0 Å². The minimum Gasteiger partial charge on any atom is -0.461 e. The van der Waals surface area contributed by atoms with Crippen LogP contribution in [0.3, 0.4) is 0 Å². The fraction of sp³-hybridized carbons (Fsp3) is 0.818. The lowest BCUT2D eigenvalue weighted by atomic mass is 10.1. The number of carbonyl (C=O) groups is 2. The summed E-state index contributed by atoms with van der Waals surface area (Å²) in [6.45, 7) is 4.15. The van der Waals surface area contributed by atoms with E-state index in [9.17, 15) is 24.9 Å². The molecule has 0 spiro atoms. The summed E-state index contributed by atoms with van der Waals surface area (Å²) in [4.78, 5) is 22.3. The van der Waals surface area contributed by atoms with Crippen LogP contribution in [0.4, 0.5) is 0 Å². The van der Waals surface area contributed by atoms with E-state index < -0.39 is 42.5 Å². The van der Waals surface area contributed by atoms with E-state index >= 15 is 0 Å². The summed E-state index contributed by atoms with van der Waals surface area (Å²) in [5, 5.41) is 27.9. The topological polar surface area (TPSA) is 113 Å². The average molecular weight is 264 g/mol. The number of aliphatic hydroxyl groups is 3. The third kappa shape index (κ3) is 6.53. The van der Waals surface area contributed by atoms with Gasteiger partial charge >= 0.3 is 11.9 Å². The van der Waals surface area contributed by atoms with E-state index in [0.29, 0.717) is 0 Å². The molecule has 0 saturated heterocycles. The van der Waals surface area contributed by atoms with E-state index in [1.165, 1.54) is 27.7 Å². The standard InChI is InChI=1S/C11H20O7/c1-10(2,15)8(13)17-5-7(12)6-18-9(14)11(3,4)16/h7,12,15-16H,5-6H2,1-4H3. The lowest BCUT2D eigenvalue weighted by Gasteiger charge is -2.19. The smallest absolute Gasteiger partial charge is 0.337 e. The van der Waals surface area contributed by atoms with Crippen molar-refractivity contribution in [3.05, 3.63) is 0 Å². The van der Waals surface area contributed by atoms with Gasteiger partial charge in [-0.1, -0.05) is 0 Å². The number of hydrogen-bond acceptors (Lipinski definition) is 7. The minimum atomic E-state index is -1.65. The molecule has 0 aliphatic carbocycles. The summed E-state index contributed by atoms with van der Waals surface area (Å²) in [6, 6.07) is 0. The highest BCUT2D eigenvalue weighted by atomic mass is 16.6. The maximum absolute atomic E-state index is 11.1. The predicted octanol–water partition coefficient (Wildman–Crippen LogP) is -1.02. The van der Waals surface area contributed by atoms with Crippen LogP contribution in [0.2, 0.25) is 0 Å². The predicted molar refractivity (Wildman–Crippen MR) is 60.5 cm³/mol. The molecule has 7 nitrogen and oxygen atoms in total. The average Bonchev–Trinajstić information content (AvgIpc) is 2.19. The summed E-state index contributed by atoms with van der Waals surface area (Å²) in [5.74, 6) is -1.79. The lowest BCUT2D eigenvalue weighted by Crippen LogP contribution is -2.38. The number of carbonyl (C=O) groups excluding carboxylic acids is 2. The molecule has 0 rings (SSSR count). The zero-order valence-corrected chi connectivity index (χ0v) is 11.0. The fourth-order valence-corrected chi connectivity index (χ4v) is 0.745. The molecule has 7 heteroatoms. The Morgan fingerprint density at radius 2 is 1.22 bits per heavy atom. The molecule has 3 N–H and O–H groups in total. The van der Waals surface area contributed by atoms with Crippen LogP contribution in [0, 0.1) is 0 Å². The van der Waals surface area contributed by atoms with Crippen molar-refractivity contribution in [1.82, 2.24) is 0 Å². The highest BCUT2D eigenvalue weighted by molar-refractivity contribution is 5.78. The normalized spacial score (nSPS) is 12.4. The van der Waals surface area contributed by atoms with Crippen molar-refractivity contribution in [2.75, 3.05) is 13.2 Å². The Bertz CT molecular complexity index is 267. The second-order valence-corrected chi connectivity index (χ2v) is 4.97. The first-order valence-corrected chi connectivity index (χ1v) is 5.42. The lowest BCUT2D eigenvalue weighted by molar-refractivity contribution is -0.170. The van der Waals surface area contributed by atoms with Gasteiger partial charge in [0.05, 0.1) is 0 Å². The number of ether oxygens (including phenoxy) is 2. The number of rotatable bonds is 6. The van der Waals surface area contributed by atoms with Crippen molar-refractivity contribution >= 4 is 11.9 Å². The third-order valence-electron chi connectivity index (χ3n) is 1.81. The molecular weight excluding hydrogens is 244 g/mol. The number of esters is 2. The zero-order chi connectivity index (χ0) is 14.6. The maximum atomic E-state index is 11.1. The molecule has 0 aromatic rings. The van der Waals surface area contributed by atoms with Crippen LogP contribution in [0.25, 0.3) is 0 Å². The highest BCUT2D eigenvalue weighted by Gasteiger charge is 2.28. The van der Waals surface area contributed by atoms with E-state index in [1.54, 1.807) is 0 Å². The van der Waals surface area contributed by atoms with Crippen LogP contribution in [-0.2, 0) is 19.1 Å². The van der Waals surface area contributed by atoms with E-state index in [4.69, 9.17) is 0 Å². The Labute approximate surface area is 105 Å². The molecule has 18 heavy (non-hydrogen) atoms. The summed E-state index contributed by atoms with van der Waals surface area (Å²) in [5.41, 5.74) is -3.30. The Balaban J connectivity index is 3.97. The quantitative estimate of drug-likeness (QED) is 0.526. The van der Waals surface area contributed by atoms with E-state index in [2.05, 4.69) is 9.47 Å². The third-order valence-corrected chi connectivity index (χ3v) is 1.81. The molecule has 0 fully saturated rings. The van der Waals surface area contributed by atoms with Crippen molar-refractivity contribution in [2.45, 2.75) is 45.0 Å².